The van der Waals surface area contributed by atoms with E-state index in [9.17, 15) is 4.79 Å². The Morgan fingerprint density at radius 3 is 2.07 bits per heavy atom. The Bertz CT molecular complexity index is 222. The zero-order valence-corrected chi connectivity index (χ0v) is 9.49. The molecule has 0 aromatic heterocycles. The van der Waals surface area contributed by atoms with Crippen molar-refractivity contribution in [1.29, 1.82) is 0 Å². The SMILES string of the molecule is CC(=O)C1CC2CCC(C1)N2C(C)C. The lowest BCUT2D eigenvalue weighted by Gasteiger charge is -2.40. The molecule has 0 aliphatic carbocycles. The first-order chi connectivity index (χ1) is 6.59. The van der Waals surface area contributed by atoms with Crippen molar-refractivity contribution in [2.45, 2.75) is 64.6 Å². The summed E-state index contributed by atoms with van der Waals surface area (Å²) < 4.78 is 0. The summed E-state index contributed by atoms with van der Waals surface area (Å²) in [5.41, 5.74) is 0. The average molecular weight is 195 g/mol. The molecular formula is C12H21NO. The Kier molecular flexibility index (Phi) is 2.65. The molecule has 0 aromatic rings. The smallest absolute Gasteiger partial charge is 0.133 e. The molecule has 0 N–H and O–H groups in total. The van der Waals surface area contributed by atoms with Gasteiger partial charge in [-0.15, -0.1) is 0 Å². The van der Waals surface area contributed by atoms with Crippen LogP contribution in [0.1, 0.15) is 46.5 Å². The van der Waals surface area contributed by atoms with Crippen molar-refractivity contribution in [1.82, 2.24) is 4.90 Å². The molecule has 2 heteroatoms. The number of carbonyl (C=O) groups is 1. The molecule has 2 atom stereocenters. The highest BCUT2D eigenvalue weighted by atomic mass is 16.1. The predicted molar refractivity (Wildman–Crippen MR) is 57.2 cm³/mol. The summed E-state index contributed by atoms with van der Waals surface area (Å²) in [6.45, 7) is 6.31. The van der Waals surface area contributed by atoms with Gasteiger partial charge in [0.25, 0.3) is 0 Å². The van der Waals surface area contributed by atoms with Gasteiger partial charge in [0.15, 0.2) is 0 Å². The zero-order valence-electron chi connectivity index (χ0n) is 9.49. The van der Waals surface area contributed by atoms with Gasteiger partial charge in [0, 0.05) is 24.0 Å². The van der Waals surface area contributed by atoms with E-state index < -0.39 is 0 Å². The normalized spacial score (nSPS) is 37.9. The van der Waals surface area contributed by atoms with E-state index in [1.807, 2.05) is 0 Å². The third kappa shape index (κ3) is 1.60. The predicted octanol–water partition coefficient (Wildman–Crippen LogP) is 2.23. The second kappa shape index (κ2) is 3.65. The van der Waals surface area contributed by atoms with E-state index in [0.29, 0.717) is 29.8 Å². The first-order valence-electron chi connectivity index (χ1n) is 5.87. The van der Waals surface area contributed by atoms with Crippen LogP contribution in [0.5, 0.6) is 0 Å². The van der Waals surface area contributed by atoms with Crippen molar-refractivity contribution in [3.8, 4) is 0 Å². The van der Waals surface area contributed by atoms with Gasteiger partial charge in [-0.05, 0) is 46.5 Å². The van der Waals surface area contributed by atoms with Gasteiger partial charge in [0.2, 0.25) is 0 Å². The van der Waals surface area contributed by atoms with Crippen LogP contribution in [0.3, 0.4) is 0 Å². The first-order valence-corrected chi connectivity index (χ1v) is 5.87. The first kappa shape index (κ1) is 10.2. The highest BCUT2D eigenvalue weighted by Crippen LogP contribution is 2.39. The zero-order chi connectivity index (χ0) is 10.3. The van der Waals surface area contributed by atoms with E-state index in [2.05, 4.69) is 18.7 Å². The summed E-state index contributed by atoms with van der Waals surface area (Å²) in [5.74, 6) is 0.771. The highest BCUT2D eigenvalue weighted by molar-refractivity contribution is 5.78. The summed E-state index contributed by atoms with van der Waals surface area (Å²) in [6.07, 6.45) is 4.85. The van der Waals surface area contributed by atoms with Crippen molar-refractivity contribution in [3.63, 3.8) is 0 Å². The number of fused-ring (bicyclic) bond motifs is 2. The molecule has 0 amide bonds. The average Bonchev–Trinajstić information content (AvgIpc) is 2.37. The summed E-state index contributed by atoms with van der Waals surface area (Å²) in [6, 6.07) is 2.05. The van der Waals surface area contributed by atoms with Crippen molar-refractivity contribution in [3.05, 3.63) is 0 Å². The van der Waals surface area contributed by atoms with Crippen LogP contribution in [-0.2, 0) is 4.79 Å². The molecule has 2 fully saturated rings. The molecule has 0 saturated carbocycles. The van der Waals surface area contributed by atoms with Gasteiger partial charge in [0.05, 0.1) is 0 Å². The maximum atomic E-state index is 11.4. The van der Waals surface area contributed by atoms with E-state index in [-0.39, 0.29) is 0 Å². The molecule has 0 spiro atoms. The summed E-state index contributed by atoms with van der Waals surface area (Å²) in [7, 11) is 0. The van der Waals surface area contributed by atoms with Crippen LogP contribution in [0.25, 0.3) is 0 Å². The molecule has 0 aromatic carbocycles. The maximum absolute atomic E-state index is 11.4. The molecule has 2 unspecified atom stereocenters. The highest BCUT2D eigenvalue weighted by Gasteiger charge is 2.42. The lowest BCUT2D eigenvalue weighted by atomic mass is 9.87. The molecule has 2 aliphatic heterocycles. The largest absolute Gasteiger partial charge is 0.300 e. The van der Waals surface area contributed by atoms with Crippen molar-refractivity contribution in [2.24, 2.45) is 5.92 Å². The fourth-order valence-electron chi connectivity index (χ4n) is 3.39. The molecule has 0 radical (unpaired) electrons. The van der Waals surface area contributed by atoms with Crippen LogP contribution >= 0.6 is 0 Å². The molecule has 2 saturated heterocycles. The van der Waals surface area contributed by atoms with E-state index in [0.717, 1.165) is 12.8 Å². The number of nitrogens with zero attached hydrogens (tertiary/aromatic N) is 1. The number of piperidine rings is 1. The molecule has 2 nitrogen and oxygen atoms in total. The fourth-order valence-corrected chi connectivity index (χ4v) is 3.39. The molecule has 2 bridgehead atoms. The summed E-state index contributed by atoms with van der Waals surface area (Å²) in [4.78, 5) is 14.0. The van der Waals surface area contributed by atoms with Gasteiger partial charge >= 0.3 is 0 Å². The van der Waals surface area contributed by atoms with Gasteiger partial charge in [0.1, 0.15) is 5.78 Å². The van der Waals surface area contributed by atoms with E-state index >= 15 is 0 Å². The molecule has 2 aliphatic rings. The summed E-state index contributed by atoms with van der Waals surface area (Å²) in [5, 5.41) is 0. The number of carbonyl (C=O) groups excluding carboxylic acids is 1. The maximum Gasteiger partial charge on any atom is 0.133 e. The Morgan fingerprint density at radius 1 is 1.21 bits per heavy atom. The van der Waals surface area contributed by atoms with Crippen LogP contribution in [0, 0.1) is 5.92 Å². The van der Waals surface area contributed by atoms with E-state index in [1.54, 1.807) is 6.92 Å². The molecule has 80 valence electrons. The number of hydrogen-bond donors (Lipinski definition) is 0. The van der Waals surface area contributed by atoms with Gasteiger partial charge in [-0.3, -0.25) is 9.69 Å². The number of hydrogen-bond acceptors (Lipinski definition) is 2. The second-order valence-corrected chi connectivity index (χ2v) is 5.20. The minimum absolute atomic E-state index is 0.363. The lowest BCUT2D eigenvalue weighted by molar-refractivity contribution is -0.123. The van der Waals surface area contributed by atoms with Crippen LogP contribution in [0.15, 0.2) is 0 Å². The van der Waals surface area contributed by atoms with Crippen LogP contribution < -0.4 is 0 Å². The van der Waals surface area contributed by atoms with E-state index in [4.69, 9.17) is 0 Å². The fraction of sp³-hybridized carbons (Fsp3) is 0.917. The third-order valence-electron chi connectivity index (χ3n) is 3.96. The van der Waals surface area contributed by atoms with Gasteiger partial charge < -0.3 is 0 Å². The quantitative estimate of drug-likeness (QED) is 0.673. The van der Waals surface area contributed by atoms with Gasteiger partial charge in [-0.25, -0.2) is 0 Å². The monoisotopic (exact) mass is 195 g/mol. The molecular weight excluding hydrogens is 174 g/mol. The van der Waals surface area contributed by atoms with E-state index in [1.165, 1.54) is 12.8 Å². The summed E-state index contributed by atoms with van der Waals surface area (Å²) >= 11 is 0. The lowest BCUT2D eigenvalue weighted by Crippen LogP contribution is -2.47. The van der Waals surface area contributed by atoms with Crippen LogP contribution in [0.2, 0.25) is 0 Å². The van der Waals surface area contributed by atoms with Crippen molar-refractivity contribution >= 4 is 5.78 Å². The van der Waals surface area contributed by atoms with Crippen molar-refractivity contribution in [2.75, 3.05) is 0 Å². The third-order valence-corrected chi connectivity index (χ3v) is 3.96. The minimum atomic E-state index is 0.363. The van der Waals surface area contributed by atoms with Crippen molar-refractivity contribution < 1.29 is 4.79 Å². The number of Topliss-reactive ketones (excluding diaryl/α,β-unsaturated/α-hetero) is 1. The Hall–Kier alpha value is -0.370. The molecule has 14 heavy (non-hydrogen) atoms. The number of ketones is 1. The van der Waals surface area contributed by atoms with Gasteiger partial charge in [-0.2, -0.15) is 0 Å². The number of rotatable bonds is 2. The Morgan fingerprint density at radius 2 is 1.71 bits per heavy atom. The Labute approximate surface area is 86.7 Å². The Balaban J connectivity index is 2.08. The second-order valence-electron chi connectivity index (χ2n) is 5.20. The van der Waals surface area contributed by atoms with Crippen LogP contribution in [0.4, 0.5) is 0 Å². The molecule has 2 rings (SSSR count). The minimum Gasteiger partial charge on any atom is -0.300 e. The van der Waals surface area contributed by atoms with Gasteiger partial charge in [-0.1, -0.05) is 0 Å². The molecule has 2 heterocycles. The van der Waals surface area contributed by atoms with Crippen LogP contribution in [-0.4, -0.2) is 28.8 Å². The standard InChI is InChI=1S/C12H21NO/c1-8(2)13-11-4-5-12(13)7-10(6-11)9(3)14/h8,10-12H,4-7H2,1-3H3. The topological polar surface area (TPSA) is 20.3 Å².